The lowest BCUT2D eigenvalue weighted by Crippen LogP contribution is -2.11. The summed E-state index contributed by atoms with van der Waals surface area (Å²) < 4.78 is 4.12. The van der Waals surface area contributed by atoms with E-state index in [9.17, 15) is 0 Å². The van der Waals surface area contributed by atoms with Gasteiger partial charge in [0.1, 0.15) is 0 Å². The van der Waals surface area contributed by atoms with Gasteiger partial charge in [-0.15, -0.1) is 11.3 Å². The number of halogens is 2. The summed E-state index contributed by atoms with van der Waals surface area (Å²) in [6, 6.07) is 16.4. The van der Waals surface area contributed by atoms with Gasteiger partial charge >= 0.3 is 0 Å². The maximum absolute atomic E-state index is 4.66. The maximum Gasteiger partial charge on any atom is 0.205 e. The van der Waals surface area contributed by atoms with E-state index in [0.29, 0.717) is 0 Å². The van der Waals surface area contributed by atoms with Crippen molar-refractivity contribution in [3.63, 3.8) is 0 Å². The highest BCUT2D eigenvalue weighted by Crippen LogP contribution is 2.22. The largest absolute Gasteiger partial charge is 0.261 e. The molecule has 6 heteroatoms. The number of hydrogen-bond donors (Lipinski definition) is 0. The molecule has 0 unspecified atom stereocenters. The Bertz CT molecular complexity index is 910. The lowest BCUT2D eigenvalue weighted by Gasteiger charge is -2.04. The second-order valence-electron chi connectivity index (χ2n) is 4.71. The second-order valence-corrected chi connectivity index (χ2v) is 7.63. The fraction of sp³-hybridized carbons (Fsp3) is 0.0588. The molecule has 2 aromatic carbocycles. The van der Waals surface area contributed by atoms with Crippen molar-refractivity contribution >= 4 is 56.1 Å². The summed E-state index contributed by atoms with van der Waals surface area (Å²) in [6.45, 7) is 0. The van der Waals surface area contributed by atoms with Crippen molar-refractivity contribution in [1.29, 1.82) is 0 Å². The summed E-state index contributed by atoms with van der Waals surface area (Å²) in [5, 5.41) is 6.74. The maximum atomic E-state index is 4.66. The SMILES string of the molecule is CN=c1scc(-c2ccc(Br)cc2)n1/N=C/c1ccccc1I. The van der Waals surface area contributed by atoms with E-state index in [1.54, 1.807) is 18.4 Å². The van der Waals surface area contributed by atoms with Crippen molar-refractivity contribution in [2.75, 3.05) is 7.05 Å². The molecular formula is C17H13BrIN3S. The van der Waals surface area contributed by atoms with E-state index in [2.05, 4.69) is 78.3 Å². The number of hydrogen-bond acceptors (Lipinski definition) is 3. The monoisotopic (exact) mass is 497 g/mol. The summed E-state index contributed by atoms with van der Waals surface area (Å²) >= 11 is 7.37. The van der Waals surface area contributed by atoms with Crippen molar-refractivity contribution in [3.8, 4) is 11.3 Å². The smallest absolute Gasteiger partial charge is 0.205 e. The number of thiazole rings is 1. The average Bonchev–Trinajstić information content (AvgIpc) is 2.98. The highest BCUT2D eigenvalue weighted by Gasteiger charge is 2.07. The number of nitrogens with zero attached hydrogens (tertiary/aromatic N) is 3. The van der Waals surface area contributed by atoms with Gasteiger partial charge in [0.15, 0.2) is 0 Å². The van der Waals surface area contributed by atoms with Crippen LogP contribution in [-0.2, 0) is 0 Å². The van der Waals surface area contributed by atoms with E-state index in [0.717, 1.165) is 26.1 Å². The Morgan fingerprint density at radius 1 is 1.13 bits per heavy atom. The average molecular weight is 498 g/mol. The molecule has 0 aliphatic heterocycles. The minimum Gasteiger partial charge on any atom is -0.261 e. The van der Waals surface area contributed by atoms with Crippen LogP contribution in [0.15, 0.2) is 68.5 Å². The van der Waals surface area contributed by atoms with Crippen molar-refractivity contribution in [3.05, 3.63) is 72.3 Å². The molecule has 0 saturated heterocycles. The predicted molar refractivity (Wildman–Crippen MR) is 109 cm³/mol. The van der Waals surface area contributed by atoms with Crippen molar-refractivity contribution in [2.24, 2.45) is 10.1 Å². The second kappa shape index (κ2) is 7.55. The Morgan fingerprint density at radius 3 is 2.57 bits per heavy atom. The Hall–Kier alpha value is -1.25. The topological polar surface area (TPSA) is 29.6 Å². The van der Waals surface area contributed by atoms with Gasteiger partial charge in [0.25, 0.3) is 0 Å². The van der Waals surface area contributed by atoms with Gasteiger partial charge in [-0.05, 0) is 40.8 Å². The number of aromatic nitrogens is 1. The molecule has 116 valence electrons. The molecular weight excluding hydrogens is 485 g/mol. The van der Waals surface area contributed by atoms with Gasteiger partial charge in [0.2, 0.25) is 4.80 Å². The molecule has 0 atom stereocenters. The fourth-order valence-corrected chi connectivity index (χ4v) is 3.68. The molecule has 23 heavy (non-hydrogen) atoms. The fourth-order valence-electron chi connectivity index (χ4n) is 2.08. The first kappa shape index (κ1) is 16.6. The minimum absolute atomic E-state index is 0.866. The third-order valence-corrected chi connectivity index (χ3v) is 5.65. The van der Waals surface area contributed by atoms with Crippen LogP contribution < -0.4 is 4.80 Å². The normalized spacial score (nSPS) is 12.2. The minimum atomic E-state index is 0.866. The van der Waals surface area contributed by atoms with E-state index in [1.807, 2.05) is 35.2 Å². The predicted octanol–water partition coefficient (Wildman–Crippen LogP) is 5.00. The highest BCUT2D eigenvalue weighted by atomic mass is 127. The zero-order chi connectivity index (χ0) is 16.2. The van der Waals surface area contributed by atoms with Crippen LogP contribution in [0.5, 0.6) is 0 Å². The molecule has 0 fully saturated rings. The Kier molecular flexibility index (Phi) is 5.45. The van der Waals surface area contributed by atoms with Crippen LogP contribution in [0.25, 0.3) is 11.3 Å². The van der Waals surface area contributed by atoms with Gasteiger partial charge in [-0.2, -0.15) is 5.10 Å². The van der Waals surface area contributed by atoms with Crippen LogP contribution in [0.3, 0.4) is 0 Å². The van der Waals surface area contributed by atoms with Crippen LogP contribution in [0, 0.1) is 3.57 Å². The van der Waals surface area contributed by atoms with E-state index in [4.69, 9.17) is 0 Å². The highest BCUT2D eigenvalue weighted by molar-refractivity contribution is 14.1. The molecule has 0 aliphatic rings. The van der Waals surface area contributed by atoms with Crippen LogP contribution in [0.4, 0.5) is 0 Å². The zero-order valence-corrected chi connectivity index (χ0v) is 16.8. The Morgan fingerprint density at radius 2 is 1.87 bits per heavy atom. The first-order valence-corrected chi connectivity index (χ1v) is 9.62. The molecule has 3 aromatic rings. The summed E-state index contributed by atoms with van der Waals surface area (Å²) in [6.07, 6.45) is 1.88. The number of rotatable bonds is 3. The van der Waals surface area contributed by atoms with Crippen LogP contribution in [-0.4, -0.2) is 17.9 Å². The molecule has 3 nitrogen and oxygen atoms in total. The Labute approximate surface area is 160 Å². The first-order valence-electron chi connectivity index (χ1n) is 6.87. The molecule has 0 spiro atoms. The lowest BCUT2D eigenvalue weighted by atomic mass is 10.2. The van der Waals surface area contributed by atoms with Gasteiger partial charge < -0.3 is 0 Å². The standard InChI is InChI=1S/C17H13BrIN3S/c1-20-17-22(21-10-13-4-2-3-5-15(13)19)16(11-23-17)12-6-8-14(18)9-7-12/h2-11H,1H3/b20-17?,21-10+. The summed E-state index contributed by atoms with van der Waals surface area (Å²) in [5.74, 6) is 0. The molecule has 0 N–H and O–H groups in total. The van der Waals surface area contributed by atoms with Gasteiger partial charge in [0.05, 0.1) is 11.9 Å². The third kappa shape index (κ3) is 3.81. The van der Waals surface area contributed by atoms with Gasteiger partial charge in [-0.3, -0.25) is 4.99 Å². The van der Waals surface area contributed by atoms with Crippen LogP contribution in [0.1, 0.15) is 5.56 Å². The van der Waals surface area contributed by atoms with Crippen LogP contribution in [0.2, 0.25) is 0 Å². The summed E-state index contributed by atoms with van der Waals surface area (Å²) in [4.78, 5) is 5.19. The number of benzene rings is 2. The lowest BCUT2D eigenvalue weighted by molar-refractivity contribution is 0.848. The molecule has 0 amide bonds. The van der Waals surface area contributed by atoms with Gasteiger partial charge in [0, 0.05) is 31.6 Å². The molecule has 0 saturated carbocycles. The van der Waals surface area contributed by atoms with Gasteiger partial charge in [-0.25, -0.2) is 4.68 Å². The molecule has 0 radical (unpaired) electrons. The Balaban J connectivity index is 2.06. The molecule has 3 rings (SSSR count). The van der Waals surface area contributed by atoms with E-state index in [1.165, 1.54) is 3.57 Å². The van der Waals surface area contributed by atoms with E-state index in [-0.39, 0.29) is 0 Å². The summed E-state index contributed by atoms with van der Waals surface area (Å²) in [5.41, 5.74) is 3.24. The molecule has 1 aromatic heterocycles. The van der Waals surface area contributed by atoms with Gasteiger partial charge in [-0.1, -0.05) is 46.3 Å². The van der Waals surface area contributed by atoms with Crippen LogP contribution >= 0.6 is 49.9 Å². The van der Waals surface area contributed by atoms with Crippen molar-refractivity contribution < 1.29 is 0 Å². The third-order valence-electron chi connectivity index (χ3n) is 3.23. The first-order chi connectivity index (χ1) is 11.2. The van der Waals surface area contributed by atoms with E-state index < -0.39 is 0 Å². The van der Waals surface area contributed by atoms with E-state index >= 15 is 0 Å². The molecule has 0 aliphatic carbocycles. The summed E-state index contributed by atoms with van der Waals surface area (Å²) in [7, 11) is 1.79. The quantitative estimate of drug-likeness (QED) is 0.360. The zero-order valence-electron chi connectivity index (χ0n) is 12.3. The van der Waals surface area contributed by atoms with Crippen molar-refractivity contribution in [2.45, 2.75) is 0 Å². The van der Waals surface area contributed by atoms with Crippen molar-refractivity contribution in [1.82, 2.24) is 4.68 Å². The molecule has 0 bridgehead atoms. The molecule has 1 heterocycles.